The first kappa shape index (κ1) is 14.4. The largest absolute Gasteiger partial charge is 0.349 e. The lowest BCUT2D eigenvalue weighted by atomic mass is 9.98. The predicted octanol–water partition coefficient (Wildman–Crippen LogP) is 1.22. The van der Waals surface area contributed by atoms with Gasteiger partial charge in [-0.1, -0.05) is 6.42 Å². The molecule has 2 N–H and O–H groups in total. The van der Waals surface area contributed by atoms with E-state index in [9.17, 15) is 4.79 Å². The molecular weight excluding hydrogens is 266 g/mol. The summed E-state index contributed by atoms with van der Waals surface area (Å²) < 4.78 is 0. The summed E-state index contributed by atoms with van der Waals surface area (Å²) in [5, 5.41) is 2.97. The minimum atomic E-state index is 0.0578. The Hall–Kier alpha value is -1.56. The van der Waals surface area contributed by atoms with E-state index < -0.39 is 0 Å². The maximum atomic E-state index is 12.0. The van der Waals surface area contributed by atoms with Crippen molar-refractivity contribution in [1.29, 1.82) is 0 Å². The Morgan fingerprint density at radius 2 is 2.33 bits per heavy atom. The molecule has 21 heavy (non-hydrogen) atoms. The van der Waals surface area contributed by atoms with Crippen molar-refractivity contribution in [1.82, 2.24) is 25.1 Å². The average molecular weight is 291 g/mol. The molecule has 6 nitrogen and oxygen atoms in total. The predicted molar refractivity (Wildman–Crippen MR) is 81.1 cm³/mol. The van der Waals surface area contributed by atoms with E-state index >= 15 is 0 Å². The van der Waals surface area contributed by atoms with Gasteiger partial charge in [-0.2, -0.15) is 0 Å². The van der Waals surface area contributed by atoms with Gasteiger partial charge >= 0.3 is 6.03 Å². The monoisotopic (exact) mass is 291 g/mol. The number of nitrogens with zero attached hydrogens (tertiary/aromatic N) is 3. The Bertz CT molecular complexity index is 455. The molecule has 0 unspecified atom stereocenters. The summed E-state index contributed by atoms with van der Waals surface area (Å²) in [6.07, 6.45) is 8.23. The summed E-state index contributed by atoms with van der Waals surface area (Å²) in [6.45, 7) is 5.88. The zero-order valence-electron chi connectivity index (χ0n) is 12.7. The molecule has 2 fully saturated rings. The smallest absolute Gasteiger partial charge is 0.317 e. The van der Waals surface area contributed by atoms with Crippen LogP contribution in [0.25, 0.3) is 0 Å². The highest BCUT2D eigenvalue weighted by Crippen LogP contribution is 2.24. The Morgan fingerprint density at radius 1 is 1.48 bits per heavy atom. The van der Waals surface area contributed by atoms with E-state index in [1.807, 2.05) is 4.90 Å². The third-order valence-corrected chi connectivity index (χ3v) is 4.67. The van der Waals surface area contributed by atoms with Crippen molar-refractivity contribution < 1.29 is 4.79 Å². The number of aromatic nitrogens is 2. The van der Waals surface area contributed by atoms with Crippen LogP contribution >= 0.6 is 0 Å². The zero-order chi connectivity index (χ0) is 14.7. The first-order valence-corrected chi connectivity index (χ1v) is 8.01. The Morgan fingerprint density at radius 3 is 3.05 bits per heavy atom. The second kappa shape index (κ2) is 6.47. The van der Waals surface area contributed by atoms with E-state index in [1.54, 1.807) is 12.4 Å². The molecule has 116 valence electrons. The zero-order valence-corrected chi connectivity index (χ0v) is 12.7. The van der Waals surface area contributed by atoms with Gasteiger partial charge in [-0.3, -0.25) is 4.90 Å². The van der Waals surface area contributed by atoms with Gasteiger partial charge in [0.2, 0.25) is 0 Å². The molecular formula is C15H25N5O. The minimum absolute atomic E-state index is 0.0578. The summed E-state index contributed by atoms with van der Waals surface area (Å²) >= 11 is 0. The van der Waals surface area contributed by atoms with Crippen LogP contribution in [0.3, 0.4) is 0 Å². The first-order chi connectivity index (χ1) is 10.2. The summed E-state index contributed by atoms with van der Waals surface area (Å²) in [5.41, 5.74) is 0. The van der Waals surface area contributed by atoms with Gasteiger partial charge in [-0.05, 0) is 26.3 Å². The molecule has 2 aliphatic heterocycles. The van der Waals surface area contributed by atoms with E-state index in [2.05, 4.69) is 27.1 Å². The molecule has 6 heteroatoms. The number of piperidine rings is 1. The number of imidazole rings is 1. The lowest BCUT2D eigenvalue weighted by Crippen LogP contribution is -2.65. The van der Waals surface area contributed by atoms with Gasteiger partial charge in [0.1, 0.15) is 5.82 Å². The van der Waals surface area contributed by atoms with Gasteiger partial charge in [-0.15, -0.1) is 0 Å². The topological polar surface area (TPSA) is 64.3 Å². The van der Waals surface area contributed by atoms with E-state index in [0.29, 0.717) is 18.6 Å². The van der Waals surface area contributed by atoms with Crippen LogP contribution < -0.4 is 5.32 Å². The molecule has 1 aromatic heterocycles. The van der Waals surface area contributed by atoms with Crippen LogP contribution in [0.15, 0.2) is 12.4 Å². The van der Waals surface area contributed by atoms with Gasteiger partial charge in [0.05, 0.1) is 0 Å². The summed E-state index contributed by atoms with van der Waals surface area (Å²) in [4.78, 5) is 23.7. The lowest BCUT2D eigenvalue weighted by molar-refractivity contribution is 0.0170. The third-order valence-electron chi connectivity index (χ3n) is 4.67. The van der Waals surface area contributed by atoms with Crippen molar-refractivity contribution in [3.63, 3.8) is 0 Å². The van der Waals surface area contributed by atoms with Crippen LogP contribution in [0.1, 0.15) is 32.0 Å². The molecule has 0 saturated carbocycles. The number of nitrogens with one attached hydrogen (secondary N) is 2. The number of carbonyl (C=O) groups excluding carboxylic acids is 1. The first-order valence-electron chi connectivity index (χ1n) is 8.01. The Balaban J connectivity index is 1.36. The molecule has 0 spiro atoms. The fourth-order valence-electron chi connectivity index (χ4n) is 3.33. The maximum Gasteiger partial charge on any atom is 0.317 e. The minimum Gasteiger partial charge on any atom is -0.349 e. The van der Waals surface area contributed by atoms with Crippen LogP contribution in [-0.2, 0) is 6.42 Å². The maximum absolute atomic E-state index is 12.0. The molecule has 0 aromatic carbocycles. The molecule has 0 bridgehead atoms. The molecule has 1 aromatic rings. The van der Waals surface area contributed by atoms with Crippen LogP contribution in [-0.4, -0.2) is 64.1 Å². The number of hydrogen-bond acceptors (Lipinski definition) is 3. The van der Waals surface area contributed by atoms with E-state index in [4.69, 9.17) is 0 Å². The Labute approximate surface area is 125 Å². The molecule has 2 amide bonds. The van der Waals surface area contributed by atoms with Crippen LogP contribution in [0.5, 0.6) is 0 Å². The number of aromatic amines is 1. The summed E-state index contributed by atoms with van der Waals surface area (Å²) in [5.74, 6) is 0.916. The number of likely N-dealkylation sites (tertiary alicyclic amines) is 2. The Kier molecular flexibility index (Phi) is 4.43. The second-order valence-corrected chi connectivity index (χ2v) is 6.16. The second-order valence-electron chi connectivity index (χ2n) is 6.16. The molecule has 3 rings (SSSR count). The number of hydrogen-bond donors (Lipinski definition) is 2. The fraction of sp³-hybridized carbons (Fsp3) is 0.733. The van der Waals surface area contributed by atoms with Crippen molar-refractivity contribution in [2.75, 3.05) is 26.2 Å². The average Bonchev–Trinajstić information content (AvgIpc) is 2.92. The van der Waals surface area contributed by atoms with Gasteiger partial charge in [-0.25, -0.2) is 9.78 Å². The number of carbonyl (C=O) groups is 1. The van der Waals surface area contributed by atoms with Gasteiger partial charge in [0, 0.05) is 50.5 Å². The summed E-state index contributed by atoms with van der Waals surface area (Å²) in [7, 11) is 0. The number of rotatable bonds is 4. The molecule has 1 atom stereocenters. The highest BCUT2D eigenvalue weighted by molar-refractivity contribution is 5.75. The van der Waals surface area contributed by atoms with Crippen LogP contribution in [0.4, 0.5) is 4.79 Å². The van der Waals surface area contributed by atoms with Crippen LogP contribution in [0, 0.1) is 0 Å². The number of amides is 2. The van der Waals surface area contributed by atoms with Gasteiger partial charge in [0.15, 0.2) is 0 Å². The molecule has 3 heterocycles. The summed E-state index contributed by atoms with van der Waals surface area (Å²) in [6, 6.07) is 1.30. The molecule has 2 saturated heterocycles. The molecule has 0 radical (unpaired) electrons. The van der Waals surface area contributed by atoms with Crippen LogP contribution in [0.2, 0.25) is 0 Å². The van der Waals surface area contributed by atoms with Crippen molar-refractivity contribution in [3.05, 3.63) is 18.2 Å². The van der Waals surface area contributed by atoms with Crippen molar-refractivity contribution in [2.45, 2.75) is 44.7 Å². The van der Waals surface area contributed by atoms with E-state index in [1.165, 1.54) is 25.8 Å². The normalized spacial score (nSPS) is 23.9. The quantitative estimate of drug-likeness (QED) is 0.877. The van der Waals surface area contributed by atoms with Gasteiger partial charge in [0.25, 0.3) is 0 Å². The fourth-order valence-corrected chi connectivity index (χ4v) is 3.33. The number of urea groups is 1. The SMILES string of the molecule is C[C@H]1CCCCN1C1CN(C(=O)NCCc2ncc[nH]2)C1. The lowest BCUT2D eigenvalue weighted by Gasteiger charge is -2.49. The van der Waals surface area contributed by atoms with E-state index in [-0.39, 0.29) is 6.03 Å². The number of H-pyrrole nitrogens is 1. The molecule has 2 aliphatic rings. The molecule has 0 aliphatic carbocycles. The van der Waals surface area contributed by atoms with Gasteiger partial charge < -0.3 is 15.2 Å². The van der Waals surface area contributed by atoms with Crippen molar-refractivity contribution in [3.8, 4) is 0 Å². The standard InChI is InChI=1S/C15H25N5O/c1-12-4-2-3-9-20(12)13-10-19(11-13)15(21)18-6-5-14-16-7-8-17-14/h7-8,12-13H,2-6,9-11H2,1H3,(H,16,17)(H,18,21)/t12-/m0/s1. The van der Waals surface area contributed by atoms with Crippen molar-refractivity contribution >= 4 is 6.03 Å². The highest BCUT2D eigenvalue weighted by Gasteiger charge is 2.37. The highest BCUT2D eigenvalue weighted by atomic mass is 16.2. The third kappa shape index (κ3) is 3.37. The van der Waals surface area contributed by atoms with E-state index in [0.717, 1.165) is 25.3 Å². The van der Waals surface area contributed by atoms with Crippen molar-refractivity contribution in [2.24, 2.45) is 0 Å².